The zero-order valence-electron chi connectivity index (χ0n) is 8.67. The lowest BCUT2D eigenvalue weighted by molar-refractivity contribution is -0.390. The third-order valence-electron chi connectivity index (χ3n) is 2.05. The summed E-state index contributed by atoms with van der Waals surface area (Å²) in [4.78, 5) is 22.5. The van der Waals surface area contributed by atoms with E-state index in [-0.39, 0.29) is 22.6 Å². The van der Waals surface area contributed by atoms with Crippen LogP contribution in [0.5, 0.6) is 0 Å². The Balaban J connectivity index is 2.20. The van der Waals surface area contributed by atoms with E-state index in [0.29, 0.717) is 4.88 Å². The van der Waals surface area contributed by atoms with Crippen molar-refractivity contribution in [2.24, 2.45) is 0 Å². The van der Waals surface area contributed by atoms with Crippen LogP contribution >= 0.6 is 43.2 Å². The van der Waals surface area contributed by atoms with Crippen molar-refractivity contribution in [3.63, 3.8) is 0 Å². The molecule has 0 saturated carbocycles. The Morgan fingerprint density at radius 3 is 2.72 bits per heavy atom. The van der Waals surface area contributed by atoms with Crippen LogP contribution in [0.1, 0.15) is 9.67 Å². The number of hydrogen-bond acceptors (Lipinski definition) is 5. The molecular weight excluding hydrogens is 390 g/mol. The minimum absolute atomic E-state index is 0.0362. The van der Waals surface area contributed by atoms with Crippen molar-refractivity contribution in [2.75, 3.05) is 0 Å². The fourth-order valence-corrected chi connectivity index (χ4v) is 3.29. The van der Waals surface area contributed by atoms with Crippen LogP contribution in [0.4, 0.5) is 5.82 Å². The average molecular weight is 395 g/mol. The van der Waals surface area contributed by atoms with Crippen LogP contribution < -0.4 is 0 Å². The van der Waals surface area contributed by atoms with Crippen molar-refractivity contribution < 1.29 is 9.72 Å². The van der Waals surface area contributed by atoms with Gasteiger partial charge in [0.2, 0.25) is 0 Å². The minimum atomic E-state index is -0.605. The maximum absolute atomic E-state index is 11.9. The molecule has 0 amide bonds. The Hall–Kier alpha value is -1.06. The molecule has 18 heavy (non-hydrogen) atoms. The van der Waals surface area contributed by atoms with Crippen molar-refractivity contribution in [1.29, 1.82) is 0 Å². The molecule has 2 heterocycles. The largest absolute Gasteiger partial charge is 0.404 e. The van der Waals surface area contributed by atoms with E-state index in [9.17, 15) is 14.9 Å². The van der Waals surface area contributed by atoms with Crippen LogP contribution in [-0.2, 0) is 6.54 Å². The number of thiophene rings is 1. The van der Waals surface area contributed by atoms with Crippen molar-refractivity contribution in [3.05, 3.63) is 41.6 Å². The van der Waals surface area contributed by atoms with Gasteiger partial charge < -0.3 is 10.1 Å². The fraction of sp³-hybridized carbons (Fsp3) is 0.111. The molecule has 2 rings (SSSR count). The second kappa shape index (κ2) is 5.29. The van der Waals surface area contributed by atoms with Gasteiger partial charge >= 0.3 is 5.82 Å². The molecule has 0 N–H and O–H groups in total. The summed E-state index contributed by atoms with van der Waals surface area (Å²) in [6.07, 6.45) is 1.41. The van der Waals surface area contributed by atoms with E-state index in [0.717, 1.165) is 4.47 Å². The van der Waals surface area contributed by atoms with Crippen molar-refractivity contribution in [1.82, 2.24) is 9.78 Å². The van der Waals surface area contributed by atoms with Crippen molar-refractivity contribution >= 4 is 54.8 Å². The summed E-state index contributed by atoms with van der Waals surface area (Å²) >= 11 is 7.60. The van der Waals surface area contributed by atoms with Gasteiger partial charge in [0.25, 0.3) is 0 Å². The van der Waals surface area contributed by atoms with Crippen LogP contribution in [0.25, 0.3) is 0 Å². The molecule has 0 fully saturated rings. The number of nitro groups is 1. The Bertz CT molecular complexity index is 622. The van der Waals surface area contributed by atoms with Gasteiger partial charge in [-0.2, -0.15) is 4.68 Å². The van der Waals surface area contributed by atoms with E-state index in [1.165, 1.54) is 22.2 Å². The first-order valence-corrected chi connectivity index (χ1v) is 7.09. The molecule has 0 saturated heterocycles. The zero-order valence-corrected chi connectivity index (χ0v) is 12.7. The van der Waals surface area contributed by atoms with Crippen molar-refractivity contribution in [2.45, 2.75) is 6.54 Å². The van der Waals surface area contributed by atoms with Crippen LogP contribution in [0, 0.1) is 10.1 Å². The molecule has 0 aliphatic heterocycles. The summed E-state index contributed by atoms with van der Waals surface area (Å²) in [6.45, 7) is -0.0362. The molecule has 2 aromatic rings. The minimum Gasteiger partial charge on any atom is -0.358 e. The monoisotopic (exact) mass is 393 g/mol. The quantitative estimate of drug-likeness (QED) is 0.453. The van der Waals surface area contributed by atoms with Gasteiger partial charge in [-0.15, -0.1) is 11.3 Å². The first kappa shape index (κ1) is 13.4. The second-order valence-corrected chi connectivity index (χ2v) is 5.90. The topological polar surface area (TPSA) is 78.0 Å². The highest BCUT2D eigenvalue weighted by Gasteiger charge is 2.21. The highest BCUT2D eigenvalue weighted by Crippen LogP contribution is 2.25. The number of carbonyl (C=O) groups is 1. The number of Topliss-reactive ketones (excluding diaryl/α,β-unsaturated/α-hetero) is 1. The first-order valence-electron chi connectivity index (χ1n) is 4.62. The predicted octanol–water partition coefficient (Wildman–Crippen LogP) is 3.26. The molecule has 9 heteroatoms. The highest BCUT2D eigenvalue weighted by molar-refractivity contribution is 9.11. The summed E-state index contributed by atoms with van der Waals surface area (Å²) in [5.74, 6) is -0.449. The number of hydrogen-bond donors (Lipinski definition) is 0. The number of rotatable bonds is 4. The maximum Gasteiger partial charge on any atom is 0.404 e. The molecule has 0 bridgehead atoms. The van der Waals surface area contributed by atoms with Crippen LogP contribution in [0.3, 0.4) is 0 Å². The number of nitrogens with zero attached hydrogens (tertiary/aromatic N) is 3. The molecule has 0 aromatic carbocycles. The van der Waals surface area contributed by atoms with E-state index in [1.807, 2.05) is 0 Å². The lowest BCUT2D eigenvalue weighted by atomic mass is 10.3. The normalized spacial score (nSPS) is 10.6. The lowest BCUT2D eigenvalue weighted by Crippen LogP contribution is -2.10. The highest BCUT2D eigenvalue weighted by atomic mass is 79.9. The summed E-state index contributed by atoms with van der Waals surface area (Å²) in [5.41, 5.74) is 0. The van der Waals surface area contributed by atoms with Gasteiger partial charge in [0.15, 0.2) is 5.78 Å². The van der Waals surface area contributed by atoms with E-state index in [2.05, 4.69) is 37.0 Å². The van der Waals surface area contributed by atoms with Gasteiger partial charge in [-0.3, -0.25) is 4.79 Å². The lowest BCUT2D eigenvalue weighted by Gasteiger charge is -1.95. The number of carbonyl (C=O) groups excluding carboxylic acids is 1. The van der Waals surface area contributed by atoms with Gasteiger partial charge in [0.05, 0.1) is 16.2 Å². The maximum atomic E-state index is 11.9. The molecule has 0 aliphatic carbocycles. The van der Waals surface area contributed by atoms with Crippen LogP contribution in [0.15, 0.2) is 26.6 Å². The van der Waals surface area contributed by atoms with Crippen LogP contribution in [0.2, 0.25) is 0 Å². The van der Waals surface area contributed by atoms with E-state index >= 15 is 0 Å². The smallest absolute Gasteiger partial charge is 0.358 e. The first-order chi connectivity index (χ1) is 8.49. The zero-order chi connectivity index (χ0) is 13.3. The molecule has 94 valence electrons. The summed E-state index contributed by atoms with van der Waals surface area (Å²) in [6, 6.07) is 1.78. The molecule has 0 atom stereocenters. The molecule has 0 radical (unpaired) electrons. The third-order valence-corrected chi connectivity index (χ3v) is 4.49. The molecule has 0 aliphatic rings. The second-order valence-electron chi connectivity index (χ2n) is 3.28. The van der Waals surface area contributed by atoms with E-state index in [1.54, 1.807) is 11.4 Å². The standard InChI is InChI=1S/C9H5Br2N3O3S/c10-5-1-2-18-8(5)7(15)4-13-3-6(11)9(12-13)14(16)17/h1-3H,4H2. The predicted molar refractivity (Wildman–Crippen MR) is 72.9 cm³/mol. The molecular formula is C9H5Br2N3O3S. The van der Waals surface area contributed by atoms with E-state index in [4.69, 9.17) is 0 Å². The Morgan fingerprint density at radius 2 is 2.22 bits per heavy atom. The average Bonchev–Trinajstić information content (AvgIpc) is 2.84. The molecule has 2 aromatic heterocycles. The Labute approximate surface area is 122 Å². The van der Waals surface area contributed by atoms with Crippen LogP contribution in [-0.4, -0.2) is 20.5 Å². The number of aromatic nitrogens is 2. The summed E-state index contributed by atoms with van der Waals surface area (Å²) in [5, 5.41) is 16.1. The SMILES string of the molecule is O=C(Cn1cc(Br)c([N+](=O)[O-])n1)c1sccc1Br. The van der Waals surface area contributed by atoms with Gasteiger partial charge in [0.1, 0.15) is 11.0 Å². The fourth-order valence-electron chi connectivity index (χ4n) is 1.30. The Morgan fingerprint density at radius 1 is 1.50 bits per heavy atom. The van der Waals surface area contributed by atoms with Gasteiger partial charge in [-0.05, 0) is 48.2 Å². The number of halogens is 2. The molecule has 0 unspecified atom stereocenters. The summed E-state index contributed by atoms with van der Waals surface area (Å²) in [7, 11) is 0. The number of ketones is 1. The van der Waals surface area contributed by atoms with Crippen molar-refractivity contribution in [3.8, 4) is 0 Å². The van der Waals surface area contributed by atoms with Gasteiger partial charge in [-0.1, -0.05) is 0 Å². The Kier molecular flexibility index (Phi) is 3.93. The summed E-state index contributed by atoms with van der Waals surface area (Å²) < 4.78 is 2.22. The van der Waals surface area contributed by atoms with Gasteiger partial charge in [-0.25, -0.2) is 0 Å². The van der Waals surface area contributed by atoms with E-state index < -0.39 is 4.92 Å². The molecule has 6 nitrogen and oxygen atoms in total. The molecule has 0 spiro atoms. The van der Waals surface area contributed by atoms with Gasteiger partial charge in [0, 0.05) is 4.47 Å². The third kappa shape index (κ3) is 2.68.